The minimum absolute atomic E-state index is 0.0362. The number of thioether (sulfide) groups is 1. The molecule has 106 valence electrons. The highest BCUT2D eigenvalue weighted by molar-refractivity contribution is 7.99. The fourth-order valence-corrected chi connectivity index (χ4v) is 2.68. The van der Waals surface area contributed by atoms with Gasteiger partial charge >= 0.3 is 5.97 Å². The summed E-state index contributed by atoms with van der Waals surface area (Å²) < 4.78 is 1.93. The van der Waals surface area contributed by atoms with Crippen LogP contribution in [0.1, 0.15) is 19.9 Å². The normalized spacial score (nSPS) is 11.0. The van der Waals surface area contributed by atoms with Crippen LogP contribution in [-0.2, 0) is 4.79 Å². The number of carboxylic acids is 1. The van der Waals surface area contributed by atoms with E-state index in [1.165, 1.54) is 11.8 Å². The third kappa shape index (κ3) is 3.32. The highest BCUT2D eigenvalue weighted by atomic mass is 35.5. The topological polar surface area (TPSA) is 68.0 Å². The molecule has 5 nitrogen and oxygen atoms in total. The molecule has 1 heterocycles. The standard InChI is InChI=1S/C13H14ClN3O2S/c1-8(2)17-12(9-3-5-10(14)6-4-9)15-16-13(17)20-7-11(18)19/h3-6,8H,7H2,1-2H3,(H,18,19). The van der Waals surface area contributed by atoms with Crippen molar-refractivity contribution in [3.63, 3.8) is 0 Å². The van der Waals surface area contributed by atoms with Gasteiger partial charge in [0.1, 0.15) is 0 Å². The number of benzene rings is 1. The predicted molar refractivity (Wildman–Crippen MR) is 79.2 cm³/mol. The van der Waals surface area contributed by atoms with Gasteiger partial charge in [0.05, 0.1) is 5.75 Å². The van der Waals surface area contributed by atoms with Gasteiger partial charge in [0.15, 0.2) is 11.0 Å². The number of hydrogen-bond donors (Lipinski definition) is 1. The Bertz CT molecular complexity index is 611. The number of hydrogen-bond acceptors (Lipinski definition) is 4. The fraction of sp³-hybridized carbons (Fsp3) is 0.308. The molecule has 0 aliphatic rings. The molecule has 0 spiro atoms. The molecule has 0 amide bonds. The molecule has 0 bridgehead atoms. The molecular weight excluding hydrogens is 298 g/mol. The van der Waals surface area contributed by atoms with Crippen LogP contribution < -0.4 is 0 Å². The Morgan fingerprint density at radius 3 is 2.55 bits per heavy atom. The number of rotatable bonds is 5. The zero-order chi connectivity index (χ0) is 14.7. The maximum atomic E-state index is 10.7. The highest BCUT2D eigenvalue weighted by Crippen LogP contribution is 2.28. The van der Waals surface area contributed by atoms with Gasteiger partial charge in [0, 0.05) is 16.6 Å². The molecule has 2 rings (SSSR count). The first-order valence-electron chi connectivity index (χ1n) is 6.04. The van der Waals surface area contributed by atoms with Crippen LogP contribution in [0.25, 0.3) is 11.4 Å². The minimum Gasteiger partial charge on any atom is -0.481 e. The average molecular weight is 312 g/mol. The van der Waals surface area contributed by atoms with Crippen LogP contribution in [0.4, 0.5) is 0 Å². The van der Waals surface area contributed by atoms with Gasteiger partial charge in [-0.2, -0.15) is 0 Å². The molecule has 7 heteroatoms. The lowest BCUT2D eigenvalue weighted by atomic mass is 10.2. The Labute approximate surface area is 126 Å². The van der Waals surface area contributed by atoms with E-state index in [-0.39, 0.29) is 11.8 Å². The molecule has 0 saturated heterocycles. The lowest BCUT2D eigenvalue weighted by molar-refractivity contribution is -0.133. The average Bonchev–Trinajstić information content (AvgIpc) is 2.81. The molecular formula is C13H14ClN3O2S. The largest absolute Gasteiger partial charge is 0.481 e. The van der Waals surface area contributed by atoms with Crippen LogP contribution in [0.3, 0.4) is 0 Å². The maximum absolute atomic E-state index is 10.7. The second-order valence-electron chi connectivity index (χ2n) is 4.46. The van der Waals surface area contributed by atoms with Crippen molar-refractivity contribution in [2.24, 2.45) is 0 Å². The van der Waals surface area contributed by atoms with Crippen molar-refractivity contribution in [2.75, 3.05) is 5.75 Å². The summed E-state index contributed by atoms with van der Waals surface area (Å²) in [4.78, 5) is 10.7. The Morgan fingerprint density at radius 2 is 2.00 bits per heavy atom. The number of carbonyl (C=O) groups is 1. The van der Waals surface area contributed by atoms with E-state index in [0.29, 0.717) is 16.0 Å². The van der Waals surface area contributed by atoms with Crippen molar-refractivity contribution in [1.82, 2.24) is 14.8 Å². The second-order valence-corrected chi connectivity index (χ2v) is 5.84. The summed E-state index contributed by atoms with van der Waals surface area (Å²) in [7, 11) is 0. The minimum atomic E-state index is -0.874. The molecule has 2 aromatic rings. The summed E-state index contributed by atoms with van der Waals surface area (Å²) in [6.45, 7) is 4.02. The number of carboxylic acid groups (broad SMARTS) is 1. The van der Waals surface area contributed by atoms with E-state index < -0.39 is 5.97 Å². The van der Waals surface area contributed by atoms with Crippen LogP contribution in [-0.4, -0.2) is 31.6 Å². The molecule has 1 aromatic carbocycles. The van der Waals surface area contributed by atoms with E-state index in [0.717, 1.165) is 5.56 Å². The zero-order valence-corrected chi connectivity index (χ0v) is 12.6. The Balaban J connectivity index is 2.38. The predicted octanol–water partition coefficient (Wildman–Crippen LogP) is 3.36. The van der Waals surface area contributed by atoms with Crippen LogP contribution >= 0.6 is 23.4 Å². The van der Waals surface area contributed by atoms with Crippen molar-refractivity contribution in [1.29, 1.82) is 0 Å². The van der Waals surface area contributed by atoms with E-state index >= 15 is 0 Å². The quantitative estimate of drug-likeness (QED) is 0.858. The summed E-state index contributed by atoms with van der Waals surface area (Å²) >= 11 is 7.04. The highest BCUT2D eigenvalue weighted by Gasteiger charge is 2.17. The SMILES string of the molecule is CC(C)n1c(SCC(=O)O)nnc1-c1ccc(Cl)cc1. The van der Waals surface area contributed by atoms with E-state index in [1.807, 2.05) is 30.5 Å². The van der Waals surface area contributed by atoms with Crippen LogP contribution in [0.5, 0.6) is 0 Å². The summed E-state index contributed by atoms with van der Waals surface area (Å²) in [5.41, 5.74) is 0.901. The Morgan fingerprint density at radius 1 is 1.35 bits per heavy atom. The van der Waals surface area contributed by atoms with Gasteiger partial charge in [-0.3, -0.25) is 9.36 Å². The maximum Gasteiger partial charge on any atom is 0.313 e. The molecule has 20 heavy (non-hydrogen) atoms. The first-order chi connectivity index (χ1) is 9.49. The third-order valence-electron chi connectivity index (χ3n) is 2.61. The second kappa shape index (κ2) is 6.28. The molecule has 0 saturated carbocycles. The van der Waals surface area contributed by atoms with Crippen molar-refractivity contribution in [3.05, 3.63) is 29.3 Å². The van der Waals surface area contributed by atoms with Crippen LogP contribution in [0.2, 0.25) is 5.02 Å². The first kappa shape index (κ1) is 14.9. The van der Waals surface area contributed by atoms with Gasteiger partial charge in [0.2, 0.25) is 0 Å². The summed E-state index contributed by atoms with van der Waals surface area (Å²) in [6.07, 6.45) is 0. The number of nitrogens with zero attached hydrogens (tertiary/aromatic N) is 3. The summed E-state index contributed by atoms with van der Waals surface area (Å²) in [5, 5.41) is 18.3. The third-order valence-corrected chi connectivity index (χ3v) is 3.79. The molecule has 1 N–H and O–H groups in total. The zero-order valence-electron chi connectivity index (χ0n) is 11.1. The summed E-state index contributed by atoms with van der Waals surface area (Å²) in [6, 6.07) is 7.46. The number of aliphatic carboxylic acids is 1. The van der Waals surface area contributed by atoms with Crippen molar-refractivity contribution < 1.29 is 9.90 Å². The molecule has 0 fully saturated rings. The molecule has 0 atom stereocenters. The number of halogens is 1. The lowest BCUT2D eigenvalue weighted by Crippen LogP contribution is -2.07. The molecule has 0 unspecified atom stereocenters. The van der Waals surface area contributed by atoms with Crippen LogP contribution in [0, 0.1) is 0 Å². The monoisotopic (exact) mass is 311 g/mol. The van der Waals surface area contributed by atoms with Gasteiger partial charge in [-0.05, 0) is 38.1 Å². The Kier molecular flexibility index (Phi) is 4.67. The van der Waals surface area contributed by atoms with E-state index in [9.17, 15) is 4.79 Å². The first-order valence-corrected chi connectivity index (χ1v) is 7.41. The molecule has 0 aliphatic heterocycles. The van der Waals surface area contributed by atoms with Gasteiger partial charge < -0.3 is 5.11 Å². The molecule has 0 aliphatic carbocycles. The van der Waals surface area contributed by atoms with Gasteiger partial charge in [0.25, 0.3) is 0 Å². The molecule has 1 aromatic heterocycles. The van der Waals surface area contributed by atoms with Gasteiger partial charge in [-0.15, -0.1) is 10.2 Å². The van der Waals surface area contributed by atoms with Gasteiger partial charge in [-0.25, -0.2) is 0 Å². The van der Waals surface area contributed by atoms with E-state index in [1.54, 1.807) is 12.1 Å². The Hall–Kier alpha value is -1.53. The van der Waals surface area contributed by atoms with Crippen molar-refractivity contribution in [3.8, 4) is 11.4 Å². The fourth-order valence-electron chi connectivity index (χ4n) is 1.76. The molecule has 0 radical (unpaired) electrons. The summed E-state index contributed by atoms with van der Waals surface area (Å²) in [5.74, 6) is -0.197. The van der Waals surface area contributed by atoms with Crippen molar-refractivity contribution >= 4 is 29.3 Å². The van der Waals surface area contributed by atoms with Gasteiger partial charge in [-0.1, -0.05) is 23.4 Å². The number of aromatic nitrogens is 3. The van der Waals surface area contributed by atoms with Crippen LogP contribution in [0.15, 0.2) is 29.4 Å². The van der Waals surface area contributed by atoms with Crippen molar-refractivity contribution in [2.45, 2.75) is 25.0 Å². The smallest absolute Gasteiger partial charge is 0.313 e. The lowest BCUT2D eigenvalue weighted by Gasteiger charge is -2.13. The van der Waals surface area contributed by atoms with E-state index in [4.69, 9.17) is 16.7 Å². The van der Waals surface area contributed by atoms with E-state index in [2.05, 4.69) is 10.2 Å².